The molecule has 1 saturated heterocycles. The quantitative estimate of drug-likeness (QED) is 0.262. The highest BCUT2D eigenvalue weighted by atomic mass is 19.3. The van der Waals surface area contributed by atoms with E-state index >= 15 is 0 Å². The number of halogens is 4. The molecule has 0 amide bonds. The monoisotopic (exact) mass is 478 g/mol. The van der Waals surface area contributed by atoms with Crippen LogP contribution in [-0.4, -0.2) is 50.1 Å². The fourth-order valence-corrected chi connectivity index (χ4v) is 3.61. The summed E-state index contributed by atoms with van der Waals surface area (Å²) >= 11 is 0. The van der Waals surface area contributed by atoms with E-state index in [2.05, 4.69) is 27.0 Å². The molecule has 1 aromatic rings. The Balaban J connectivity index is 0.000000420. The molecule has 190 valence electrons. The lowest BCUT2D eigenvalue weighted by molar-refractivity contribution is -0.391. The van der Waals surface area contributed by atoms with Gasteiger partial charge in [0.05, 0.1) is 0 Å². The summed E-state index contributed by atoms with van der Waals surface area (Å²) < 4.78 is 60.6. The lowest BCUT2D eigenvalue weighted by Gasteiger charge is -2.32. The largest absolute Gasteiger partial charge is 0.507 e. The molecule has 1 aromatic carbocycles. The molecular formula is C24H38F4N2O3. The van der Waals surface area contributed by atoms with Gasteiger partial charge in [-0.3, -0.25) is 0 Å². The van der Waals surface area contributed by atoms with E-state index in [0.29, 0.717) is 6.42 Å². The molecule has 3 rings (SSSR count). The number of alkyl halides is 4. The molecule has 0 saturated carbocycles. The van der Waals surface area contributed by atoms with Gasteiger partial charge in [-0.25, -0.2) is 0 Å². The van der Waals surface area contributed by atoms with Crippen molar-refractivity contribution in [2.24, 2.45) is 5.73 Å². The first kappa shape index (κ1) is 29.2. The van der Waals surface area contributed by atoms with Crippen LogP contribution in [0.25, 0.3) is 0 Å². The van der Waals surface area contributed by atoms with E-state index in [1.54, 1.807) is 6.07 Å². The maximum absolute atomic E-state index is 13.1. The van der Waals surface area contributed by atoms with Gasteiger partial charge in [0.15, 0.2) is 11.5 Å². The second-order valence-electron chi connectivity index (χ2n) is 8.04. The zero-order valence-corrected chi connectivity index (χ0v) is 19.8. The molecule has 0 bridgehead atoms. The van der Waals surface area contributed by atoms with Gasteiger partial charge in [0.1, 0.15) is 6.29 Å². The van der Waals surface area contributed by atoms with Crippen LogP contribution < -0.4 is 15.2 Å². The maximum Gasteiger partial charge on any atom is 0.507 e. The van der Waals surface area contributed by atoms with Crippen LogP contribution in [0, 0.1) is 0 Å². The van der Waals surface area contributed by atoms with Crippen molar-refractivity contribution < 1.29 is 31.8 Å². The van der Waals surface area contributed by atoms with Gasteiger partial charge in [0.25, 0.3) is 0 Å². The topological polar surface area (TPSA) is 64.8 Å². The molecular weight excluding hydrogens is 440 g/mol. The van der Waals surface area contributed by atoms with Crippen molar-refractivity contribution in [2.45, 2.75) is 83.3 Å². The highest BCUT2D eigenvalue weighted by Crippen LogP contribution is 2.47. The molecule has 2 aliphatic rings. The molecule has 9 heteroatoms. The Morgan fingerprint density at radius 3 is 2.15 bits per heavy atom. The number of nitrogens with zero attached hydrogens (tertiary/aromatic N) is 1. The fourth-order valence-electron chi connectivity index (χ4n) is 3.61. The molecule has 0 atom stereocenters. The van der Waals surface area contributed by atoms with E-state index in [-0.39, 0.29) is 11.5 Å². The predicted octanol–water partition coefficient (Wildman–Crippen LogP) is 5.79. The third kappa shape index (κ3) is 9.88. The average molecular weight is 479 g/mol. The second-order valence-corrected chi connectivity index (χ2v) is 8.04. The zero-order valence-electron chi connectivity index (χ0n) is 19.8. The summed E-state index contributed by atoms with van der Waals surface area (Å²) in [5.41, 5.74) is 5.27. The van der Waals surface area contributed by atoms with Crippen molar-refractivity contribution in [3.63, 3.8) is 0 Å². The Kier molecular flexibility index (Phi) is 13.4. The molecule has 2 heterocycles. The van der Waals surface area contributed by atoms with Crippen LogP contribution in [0.2, 0.25) is 0 Å². The number of hydrogen-bond acceptors (Lipinski definition) is 5. The number of aryl methyl sites for hydroxylation is 1. The summed E-state index contributed by atoms with van der Waals surface area (Å²) in [4.78, 5) is 12.2. The van der Waals surface area contributed by atoms with Crippen LogP contribution in [0.5, 0.6) is 11.5 Å². The normalized spacial score (nSPS) is 17.9. The van der Waals surface area contributed by atoms with Gasteiger partial charge >= 0.3 is 12.2 Å². The van der Waals surface area contributed by atoms with Gasteiger partial charge in [-0.2, -0.15) is 17.6 Å². The van der Waals surface area contributed by atoms with Crippen LogP contribution in [-0.2, 0) is 11.2 Å². The van der Waals surface area contributed by atoms with Crippen molar-refractivity contribution in [3.8, 4) is 11.5 Å². The molecule has 0 radical (unpaired) electrons. The minimum Gasteiger partial charge on any atom is -0.421 e. The lowest BCUT2D eigenvalue weighted by atomic mass is 10.1. The van der Waals surface area contributed by atoms with E-state index in [1.807, 2.05) is 0 Å². The number of likely N-dealkylation sites (tertiary alicyclic amines) is 1. The number of carbonyl (C=O) groups is 1. The Morgan fingerprint density at radius 2 is 1.55 bits per heavy atom. The fraction of sp³-hybridized carbons (Fsp3) is 0.708. The summed E-state index contributed by atoms with van der Waals surface area (Å²) in [7, 11) is 1.50. The Labute approximate surface area is 194 Å². The lowest BCUT2D eigenvalue weighted by Crippen LogP contribution is -2.52. The minimum absolute atomic E-state index is 0.338. The van der Waals surface area contributed by atoms with Gasteiger partial charge in [0.2, 0.25) is 0 Å². The number of benzene rings is 1. The Hall–Kier alpha value is -1.87. The van der Waals surface area contributed by atoms with Crippen LogP contribution in [0.3, 0.4) is 0 Å². The zero-order chi connectivity index (χ0) is 24.7. The molecule has 0 aliphatic carbocycles. The molecule has 0 aromatic heterocycles. The van der Waals surface area contributed by atoms with Crippen LogP contribution in [0.4, 0.5) is 17.6 Å². The average Bonchev–Trinajstić information content (AvgIpc) is 3.30. The molecule has 33 heavy (non-hydrogen) atoms. The Bertz CT molecular complexity index is 684. The number of ether oxygens (including phenoxy) is 2. The summed E-state index contributed by atoms with van der Waals surface area (Å²) in [6.07, 6.45) is 2.64. The van der Waals surface area contributed by atoms with Crippen molar-refractivity contribution in [1.29, 1.82) is 0 Å². The van der Waals surface area contributed by atoms with E-state index in [4.69, 9.17) is 0 Å². The van der Waals surface area contributed by atoms with Gasteiger partial charge in [-0.15, -0.1) is 0 Å². The molecule has 2 N–H and O–H groups in total. The highest BCUT2D eigenvalue weighted by molar-refractivity contribution is 5.48. The first-order valence-electron chi connectivity index (χ1n) is 11.8. The second kappa shape index (κ2) is 15.1. The van der Waals surface area contributed by atoms with Crippen molar-refractivity contribution in [3.05, 3.63) is 23.8 Å². The van der Waals surface area contributed by atoms with E-state index in [9.17, 15) is 22.4 Å². The summed E-state index contributed by atoms with van der Waals surface area (Å²) in [5.74, 6) is -0.700. The summed E-state index contributed by atoms with van der Waals surface area (Å²) in [5, 5.41) is 0. The van der Waals surface area contributed by atoms with Gasteiger partial charge < -0.3 is 24.9 Å². The number of hydrogen-bond donors (Lipinski definition) is 1. The molecule has 5 nitrogen and oxygen atoms in total. The molecule has 1 fully saturated rings. The first-order valence-corrected chi connectivity index (χ1v) is 11.8. The molecule has 0 spiro atoms. The standard InChI is InChI=1S/C15H17F4NO2.C8H16O.CH5N/c16-14(17)15(18,19)22-13-10-11(5-6-12(13)21-14)4-3-9-20-7-1-2-8-20;1-2-3-4-5-6-7-8-9;1-2/h5-6,10H,1-4,7-9H2;8H,2-7H2,1H3;2H2,1H3. The van der Waals surface area contributed by atoms with Gasteiger partial charge in [0, 0.05) is 6.42 Å². The van der Waals surface area contributed by atoms with Crippen molar-refractivity contribution >= 4 is 6.29 Å². The van der Waals surface area contributed by atoms with Gasteiger partial charge in [-0.1, -0.05) is 38.7 Å². The highest BCUT2D eigenvalue weighted by Gasteiger charge is 2.65. The van der Waals surface area contributed by atoms with Crippen molar-refractivity contribution in [2.75, 3.05) is 26.7 Å². The van der Waals surface area contributed by atoms with Crippen molar-refractivity contribution in [1.82, 2.24) is 4.90 Å². The van der Waals surface area contributed by atoms with Crippen LogP contribution >= 0.6 is 0 Å². The summed E-state index contributed by atoms with van der Waals surface area (Å²) in [6.45, 7) is 5.34. The van der Waals surface area contributed by atoms with Gasteiger partial charge in [-0.05, 0) is 76.5 Å². The first-order chi connectivity index (χ1) is 15.8. The molecule has 0 unspecified atom stereocenters. The van der Waals surface area contributed by atoms with Crippen LogP contribution in [0.1, 0.15) is 70.3 Å². The number of rotatable bonds is 10. The number of fused-ring (bicyclic) bond motifs is 1. The third-order valence-electron chi connectivity index (χ3n) is 5.39. The van der Waals surface area contributed by atoms with E-state index < -0.39 is 12.2 Å². The smallest absolute Gasteiger partial charge is 0.421 e. The number of aldehydes is 1. The van der Waals surface area contributed by atoms with Crippen LogP contribution in [0.15, 0.2) is 18.2 Å². The van der Waals surface area contributed by atoms with E-state index in [0.717, 1.165) is 50.7 Å². The summed E-state index contributed by atoms with van der Waals surface area (Å²) in [6, 6.07) is 4.21. The minimum atomic E-state index is -4.66. The third-order valence-corrected chi connectivity index (χ3v) is 5.39. The Morgan fingerprint density at radius 1 is 0.939 bits per heavy atom. The maximum atomic E-state index is 13.1. The SMILES string of the molecule is CCCCCCCC=O.CN.FC1(F)Oc2ccc(CCCN3CCCC3)cc2OC1(F)F. The van der Waals surface area contributed by atoms with E-state index in [1.165, 1.54) is 57.7 Å². The predicted molar refractivity (Wildman–Crippen MR) is 121 cm³/mol. The number of unbranched alkanes of at least 4 members (excludes halogenated alkanes) is 5. The molecule has 2 aliphatic heterocycles. The number of carbonyl (C=O) groups excluding carboxylic acids is 1. The number of nitrogens with two attached hydrogens (primary N) is 1.